The number of fused-ring (bicyclic) bond motifs is 1. The molecule has 0 saturated carbocycles. The molecule has 21 heavy (non-hydrogen) atoms. The maximum atomic E-state index is 5.58. The van der Waals surface area contributed by atoms with E-state index < -0.39 is 0 Å². The number of nitrogens with zero attached hydrogens (tertiary/aromatic N) is 1. The topological polar surface area (TPSA) is 31.4 Å². The van der Waals surface area contributed by atoms with Gasteiger partial charge in [-0.05, 0) is 17.7 Å². The molecule has 3 nitrogen and oxygen atoms in total. The van der Waals surface area contributed by atoms with Gasteiger partial charge in [0.25, 0.3) is 0 Å². The molecule has 0 aliphatic carbocycles. The predicted molar refractivity (Wildman–Crippen MR) is 81.8 cm³/mol. The van der Waals surface area contributed by atoms with Gasteiger partial charge in [-0.15, -0.1) is 0 Å². The Balaban J connectivity index is 1.83. The number of ether oxygens (including phenoxy) is 2. The number of aromatic nitrogens is 1. The standard InChI is InChI=1S/C18H15NO2/c1-5-14(12-15(6-1)18-20-10-11-21-18)16-8-2-4-13-7-3-9-19-17(13)16/h1-9,12,18H,10-11H2. The molecular formula is C18H15NO2. The van der Waals surface area contributed by atoms with Crippen LogP contribution in [0.3, 0.4) is 0 Å². The summed E-state index contributed by atoms with van der Waals surface area (Å²) in [6.45, 7) is 1.31. The first-order valence-electron chi connectivity index (χ1n) is 7.09. The molecular weight excluding hydrogens is 262 g/mol. The lowest BCUT2D eigenvalue weighted by Crippen LogP contribution is -1.98. The molecule has 0 N–H and O–H groups in total. The van der Waals surface area contributed by atoms with Crippen molar-refractivity contribution in [1.82, 2.24) is 4.98 Å². The first-order valence-corrected chi connectivity index (χ1v) is 7.09. The Morgan fingerprint density at radius 1 is 0.905 bits per heavy atom. The normalized spacial score (nSPS) is 15.6. The van der Waals surface area contributed by atoms with Gasteiger partial charge < -0.3 is 9.47 Å². The van der Waals surface area contributed by atoms with Crippen LogP contribution in [0.15, 0.2) is 60.8 Å². The van der Waals surface area contributed by atoms with Crippen LogP contribution >= 0.6 is 0 Å². The Labute approximate surface area is 123 Å². The highest BCUT2D eigenvalue weighted by Crippen LogP contribution is 2.31. The molecule has 4 rings (SSSR count). The lowest BCUT2D eigenvalue weighted by molar-refractivity contribution is -0.0440. The molecule has 2 heterocycles. The smallest absolute Gasteiger partial charge is 0.184 e. The minimum atomic E-state index is -0.243. The summed E-state index contributed by atoms with van der Waals surface area (Å²) in [6, 6.07) is 18.6. The van der Waals surface area contributed by atoms with Gasteiger partial charge in [-0.25, -0.2) is 0 Å². The minimum Gasteiger partial charge on any atom is -0.346 e. The fourth-order valence-corrected chi connectivity index (χ4v) is 2.74. The van der Waals surface area contributed by atoms with E-state index in [1.807, 2.05) is 24.4 Å². The Kier molecular flexibility index (Phi) is 3.14. The van der Waals surface area contributed by atoms with Crippen molar-refractivity contribution in [2.75, 3.05) is 13.2 Å². The van der Waals surface area contributed by atoms with Gasteiger partial charge in [0.05, 0.1) is 18.7 Å². The first kappa shape index (κ1) is 12.5. The highest BCUT2D eigenvalue weighted by atomic mass is 16.7. The lowest BCUT2D eigenvalue weighted by atomic mass is 10.00. The second-order valence-corrected chi connectivity index (χ2v) is 5.08. The summed E-state index contributed by atoms with van der Waals surface area (Å²) in [7, 11) is 0. The third-order valence-electron chi connectivity index (χ3n) is 3.72. The number of pyridine rings is 1. The van der Waals surface area contributed by atoms with Gasteiger partial charge in [0, 0.05) is 22.7 Å². The quantitative estimate of drug-likeness (QED) is 0.710. The lowest BCUT2D eigenvalue weighted by Gasteiger charge is -2.12. The number of hydrogen-bond donors (Lipinski definition) is 0. The summed E-state index contributed by atoms with van der Waals surface area (Å²) >= 11 is 0. The Hall–Kier alpha value is -2.23. The van der Waals surface area contributed by atoms with Crippen molar-refractivity contribution in [3.05, 3.63) is 66.4 Å². The number of hydrogen-bond acceptors (Lipinski definition) is 3. The van der Waals surface area contributed by atoms with Crippen LogP contribution in [-0.4, -0.2) is 18.2 Å². The summed E-state index contributed by atoms with van der Waals surface area (Å²) in [5.74, 6) is 0. The molecule has 3 heteroatoms. The van der Waals surface area contributed by atoms with E-state index in [2.05, 4.69) is 41.4 Å². The van der Waals surface area contributed by atoms with E-state index in [1.165, 1.54) is 0 Å². The van der Waals surface area contributed by atoms with Crippen molar-refractivity contribution in [3.63, 3.8) is 0 Å². The van der Waals surface area contributed by atoms with E-state index in [0.29, 0.717) is 13.2 Å². The van der Waals surface area contributed by atoms with E-state index >= 15 is 0 Å². The molecule has 0 spiro atoms. The number of benzene rings is 2. The van der Waals surface area contributed by atoms with Crippen LogP contribution in [-0.2, 0) is 9.47 Å². The largest absolute Gasteiger partial charge is 0.346 e. The molecule has 0 atom stereocenters. The van der Waals surface area contributed by atoms with Gasteiger partial charge >= 0.3 is 0 Å². The monoisotopic (exact) mass is 277 g/mol. The third kappa shape index (κ3) is 2.31. The van der Waals surface area contributed by atoms with E-state index in [9.17, 15) is 0 Å². The molecule has 0 unspecified atom stereocenters. The third-order valence-corrected chi connectivity index (χ3v) is 3.72. The van der Waals surface area contributed by atoms with Crippen LogP contribution in [0.25, 0.3) is 22.0 Å². The van der Waals surface area contributed by atoms with Gasteiger partial charge in [-0.2, -0.15) is 0 Å². The van der Waals surface area contributed by atoms with E-state index in [1.54, 1.807) is 0 Å². The summed E-state index contributed by atoms with van der Waals surface area (Å²) in [5.41, 5.74) is 4.34. The van der Waals surface area contributed by atoms with Crippen LogP contribution in [0.5, 0.6) is 0 Å². The maximum absolute atomic E-state index is 5.58. The SMILES string of the molecule is c1cc(-c2cccc3cccnc23)cc(C2OCCO2)c1. The molecule has 1 aliphatic rings. The van der Waals surface area contributed by atoms with Crippen LogP contribution in [0, 0.1) is 0 Å². The van der Waals surface area contributed by atoms with Crippen LogP contribution in [0.1, 0.15) is 11.9 Å². The van der Waals surface area contributed by atoms with Crippen LogP contribution in [0.4, 0.5) is 0 Å². The van der Waals surface area contributed by atoms with Gasteiger partial charge in [0.2, 0.25) is 0 Å². The summed E-state index contributed by atoms with van der Waals surface area (Å²) in [6.07, 6.45) is 1.59. The predicted octanol–water partition coefficient (Wildman–Crippen LogP) is 3.95. The van der Waals surface area contributed by atoms with Crippen molar-refractivity contribution in [3.8, 4) is 11.1 Å². The molecule has 0 bridgehead atoms. The molecule has 0 amide bonds. The highest BCUT2D eigenvalue weighted by molar-refractivity contribution is 5.93. The number of para-hydroxylation sites is 1. The molecule has 104 valence electrons. The van der Waals surface area contributed by atoms with Crippen LogP contribution < -0.4 is 0 Å². The Morgan fingerprint density at radius 3 is 2.62 bits per heavy atom. The minimum absolute atomic E-state index is 0.243. The molecule has 1 aromatic heterocycles. The first-order chi connectivity index (χ1) is 10.4. The molecule has 1 fully saturated rings. The summed E-state index contributed by atoms with van der Waals surface area (Å²) < 4.78 is 11.2. The van der Waals surface area contributed by atoms with E-state index in [0.717, 1.165) is 27.6 Å². The molecule has 1 saturated heterocycles. The van der Waals surface area contributed by atoms with Gasteiger partial charge in [0.15, 0.2) is 6.29 Å². The van der Waals surface area contributed by atoms with E-state index in [-0.39, 0.29) is 6.29 Å². The number of rotatable bonds is 2. The van der Waals surface area contributed by atoms with Crippen molar-refractivity contribution in [2.24, 2.45) is 0 Å². The fourth-order valence-electron chi connectivity index (χ4n) is 2.74. The van der Waals surface area contributed by atoms with Gasteiger partial charge in [-0.3, -0.25) is 4.98 Å². The zero-order valence-electron chi connectivity index (χ0n) is 11.5. The van der Waals surface area contributed by atoms with Crippen molar-refractivity contribution < 1.29 is 9.47 Å². The Bertz CT molecular complexity index is 774. The van der Waals surface area contributed by atoms with Crippen molar-refractivity contribution in [1.29, 1.82) is 0 Å². The zero-order chi connectivity index (χ0) is 14.1. The van der Waals surface area contributed by atoms with E-state index in [4.69, 9.17) is 9.47 Å². The average molecular weight is 277 g/mol. The highest BCUT2D eigenvalue weighted by Gasteiger charge is 2.18. The summed E-state index contributed by atoms with van der Waals surface area (Å²) in [5, 5.41) is 1.15. The van der Waals surface area contributed by atoms with Crippen molar-refractivity contribution in [2.45, 2.75) is 6.29 Å². The van der Waals surface area contributed by atoms with Crippen molar-refractivity contribution >= 4 is 10.9 Å². The molecule has 3 aromatic rings. The Morgan fingerprint density at radius 2 is 1.71 bits per heavy atom. The zero-order valence-corrected chi connectivity index (χ0v) is 11.5. The van der Waals surface area contributed by atoms with Gasteiger partial charge in [0.1, 0.15) is 0 Å². The average Bonchev–Trinajstić information content (AvgIpc) is 3.09. The fraction of sp³-hybridized carbons (Fsp3) is 0.167. The molecule has 0 radical (unpaired) electrons. The molecule has 2 aromatic carbocycles. The summed E-state index contributed by atoms with van der Waals surface area (Å²) in [4.78, 5) is 4.52. The second-order valence-electron chi connectivity index (χ2n) is 5.08. The van der Waals surface area contributed by atoms with Gasteiger partial charge in [-0.1, -0.05) is 42.5 Å². The molecule has 1 aliphatic heterocycles. The van der Waals surface area contributed by atoms with Crippen LogP contribution in [0.2, 0.25) is 0 Å². The second kappa shape index (κ2) is 5.28. The maximum Gasteiger partial charge on any atom is 0.184 e.